The van der Waals surface area contributed by atoms with Crippen molar-refractivity contribution in [3.8, 4) is 0 Å². The minimum atomic E-state index is -0.340. The van der Waals surface area contributed by atoms with Crippen LogP contribution < -0.4 is 4.90 Å². The first-order valence-corrected chi connectivity index (χ1v) is 10.6. The van der Waals surface area contributed by atoms with E-state index in [2.05, 4.69) is 29.5 Å². The number of nitrogens with zero attached hydrogens (tertiary/aromatic N) is 1. The lowest BCUT2D eigenvalue weighted by Gasteiger charge is -2.40. The van der Waals surface area contributed by atoms with Gasteiger partial charge in [0.25, 0.3) is 0 Å². The van der Waals surface area contributed by atoms with Crippen molar-refractivity contribution >= 4 is 51.5 Å². The van der Waals surface area contributed by atoms with Crippen molar-refractivity contribution in [3.05, 3.63) is 13.8 Å². The van der Waals surface area contributed by atoms with Crippen molar-refractivity contribution in [2.24, 2.45) is 11.8 Å². The molecule has 0 N–H and O–H groups in total. The summed E-state index contributed by atoms with van der Waals surface area (Å²) in [5.41, 5.74) is 0.768. The topological polar surface area (TPSA) is 46.6 Å². The summed E-state index contributed by atoms with van der Waals surface area (Å²) >= 11 is 3.63. The van der Waals surface area contributed by atoms with E-state index in [9.17, 15) is 9.59 Å². The highest BCUT2D eigenvalue weighted by molar-refractivity contribution is 14.1. The van der Waals surface area contributed by atoms with Gasteiger partial charge < -0.3 is 9.64 Å². The number of thiophene rings is 1. The van der Waals surface area contributed by atoms with E-state index in [-0.39, 0.29) is 23.8 Å². The Labute approximate surface area is 161 Å². The number of anilines is 1. The van der Waals surface area contributed by atoms with E-state index in [0.717, 1.165) is 59.4 Å². The summed E-state index contributed by atoms with van der Waals surface area (Å²) in [6.07, 6.45) is 7.41. The molecule has 3 rings (SSSR count). The maximum atomic E-state index is 13.3. The predicted octanol–water partition coefficient (Wildman–Crippen LogP) is 4.85. The molecule has 6 heteroatoms. The van der Waals surface area contributed by atoms with E-state index < -0.39 is 0 Å². The van der Waals surface area contributed by atoms with Crippen LogP contribution in [-0.2, 0) is 9.53 Å². The zero-order valence-electron chi connectivity index (χ0n) is 14.2. The molecule has 2 aliphatic rings. The third-order valence-corrected chi connectivity index (χ3v) is 7.22. The second-order valence-electron chi connectivity index (χ2n) is 7.01. The van der Waals surface area contributed by atoms with Crippen LogP contribution in [0.5, 0.6) is 0 Å². The Morgan fingerprint density at radius 2 is 1.88 bits per heavy atom. The molecule has 2 fully saturated rings. The molecule has 0 unspecified atom stereocenters. The van der Waals surface area contributed by atoms with Gasteiger partial charge in [-0.25, -0.2) is 4.79 Å². The standard InChI is InChI=1S/C18H24INO3S/c1-11-6-8-12(9-7-11)17(21)20(13-4-3-5-13)14-10-15(19)24-16(14)18(22)23-2/h10-13H,3-9H2,1-2H3. The molecule has 0 spiro atoms. The molecule has 0 atom stereocenters. The molecule has 0 saturated heterocycles. The van der Waals surface area contributed by atoms with Crippen LogP contribution in [0.4, 0.5) is 5.69 Å². The maximum Gasteiger partial charge on any atom is 0.350 e. The van der Waals surface area contributed by atoms with Gasteiger partial charge in [0, 0.05) is 12.0 Å². The number of carbonyl (C=O) groups is 2. The molecule has 1 aromatic heterocycles. The third-order valence-electron chi connectivity index (χ3n) is 5.36. The SMILES string of the molecule is COC(=O)c1sc(I)cc1N(C(=O)C1CCC(C)CC1)C1CCC1. The van der Waals surface area contributed by atoms with Crippen molar-refractivity contribution < 1.29 is 14.3 Å². The molecule has 0 bridgehead atoms. The lowest BCUT2D eigenvalue weighted by Crippen LogP contribution is -2.48. The van der Waals surface area contributed by atoms with E-state index in [1.807, 2.05) is 11.0 Å². The molecular formula is C18H24INO3S. The van der Waals surface area contributed by atoms with Gasteiger partial charge >= 0.3 is 5.97 Å². The van der Waals surface area contributed by atoms with Crippen LogP contribution in [-0.4, -0.2) is 25.0 Å². The predicted molar refractivity (Wildman–Crippen MR) is 105 cm³/mol. The summed E-state index contributed by atoms with van der Waals surface area (Å²) in [6, 6.07) is 2.21. The first-order valence-electron chi connectivity index (χ1n) is 8.72. The number of carbonyl (C=O) groups excluding carboxylic acids is 2. The summed E-state index contributed by atoms with van der Waals surface area (Å²) in [6.45, 7) is 2.26. The maximum absolute atomic E-state index is 13.3. The second kappa shape index (κ2) is 7.72. The number of halogens is 1. The minimum absolute atomic E-state index is 0.102. The van der Waals surface area contributed by atoms with Crippen LogP contribution in [0.3, 0.4) is 0 Å². The van der Waals surface area contributed by atoms with Crippen LogP contribution in [0, 0.1) is 14.7 Å². The van der Waals surface area contributed by atoms with Crippen molar-refractivity contribution in [2.45, 2.75) is 57.9 Å². The molecule has 0 aromatic carbocycles. The average Bonchev–Trinajstić information content (AvgIpc) is 2.91. The number of hydrogen-bond acceptors (Lipinski definition) is 4. The first kappa shape index (κ1) is 18.2. The highest BCUT2D eigenvalue weighted by atomic mass is 127. The zero-order valence-corrected chi connectivity index (χ0v) is 17.2. The number of amides is 1. The lowest BCUT2D eigenvalue weighted by atomic mass is 9.81. The molecule has 1 amide bonds. The Balaban J connectivity index is 1.90. The van der Waals surface area contributed by atoms with Gasteiger partial charge in [-0.2, -0.15) is 0 Å². The van der Waals surface area contributed by atoms with Crippen LogP contribution in [0.15, 0.2) is 6.07 Å². The van der Waals surface area contributed by atoms with Crippen molar-refractivity contribution in [1.82, 2.24) is 0 Å². The fraction of sp³-hybridized carbons (Fsp3) is 0.667. The molecule has 1 heterocycles. The van der Waals surface area contributed by atoms with Gasteiger partial charge in [-0.1, -0.05) is 6.92 Å². The highest BCUT2D eigenvalue weighted by Gasteiger charge is 2.37. The molecule has 0 radical (unpaired) electrons. The average molecular weight is 461 g/mol. The summed E-state index contributed by atoms with van der Waals surface area (Å²) in [5, 5.41) is 0. The second-order valence-corrected chi connectivity index (χ2v) is 9.95. The van der Waals surface area contributed by atoms with Gasteiger partial charge in [0.15, 0.2) is 0 Å². The third kappa shape index (κ3) is 3.64. The Morgan fingerprint density at radius 1 is 1.21 bits per heavy atom. The van der Waals surface area contributed by atoms with E-state index in [0.29, 0.717) is 4.88 Å². The Kier molecular flexibility index (Phi) is 5.85. The number of hydrogen-bond donors (Lipinski definition) is 0. The molecule has 0 aliphatic heterocycles. The summed E-state index contributed by atoms with van der Waals surface area (Å²) in [5.74, 6) is 0.696. The minimum Gasteiger partial charge on any atom is -0.465 e. The molecule has 2 aliphatic carbocycles. The monoisotopic (exact) mass is 461 g/mol. The van der Waals surface area contributed by atoms with Crippen LogP contribution >= 0.6 is 33.9 Å². The van der Waals surface area contributed by atoms with E-state index >= 15 is 0 Å². The first-order chi connectivity index (χ1) is 11.5. The number of ether oxygens (including phenoxy) is 1. The molecule has 4 nitrogen and oxygen atoms in total. The molecule has 2 saturated carbocycles. The molecule has 24 heavy (non-hydrogen) atoms. The normalized spacial score (nSPS) is 24.3. The van der Waals surface area contributed by atoms with Gasteiger partial charge in [0.05, 0.1) is 15.7 Å². The quantitative estimate of drug-likeness (QED) is 0.476. The molecule has 132 valence electrons. The van der Waals surface area contributed by atoms with E-state index in [1.54, 1.807) is 0 Å². The van der Waals surface area contributed by atoms with Gasteiger partial charge in [0.2, 0.25) is 5.91 Å². The Hall–Kier alpha value is -0.630. The van der Waals surface area contributed by atoms with Crippen LogP contribution in [0.2, 0.25) is 0 Å². The van der Waals surface area contributed by atoms with Crippen molar-refractivity contribution in [3.63, 3.8) is 0 Å². The smallest absolute Gasteiger partial charge is 0.350 e. The number of rotatable bonds is 4. The fourth-order valence-electron chi connectivity index (χ4n) is 3.61. The summed E-state index contributed by atoms with van der Waals surface area (Å²) in [4.78, 5) is 28.0. The van der Waals surface area contributed by atoms with E-state index in [4.69, 9.17) is 4.74 Å². The highest BCUT2D eigenvalue weighted by Crippen LogP contribution is 2.40. The summed E-state index contributed by atoms with van der Waals surface area (Å²) < 4.78 is 5.95. The van der Waals surface area contributed by atoms with Crippen LogP contribution in [0.1, 0.15) is 61.5 Å². The van der Waals surface area contributed by atoms with Gasteiger partial charge in [-0.05, 0) is 79.5 Å². The molecule has 1 aromatic rings. The van der Waals surface area contributed by atoms with E-state index in [1.165, 1.54) is 18.4 Å². The fourth-order valence-corrected chi connectivity index (χ4v) is 5.36. The number of methoxy groups -OCH3 is 1. The summed E-state index contributed by atoms with van der Waals surface area (Å²) in [7, 11) is 1.40. The Bertz CT molecular complexity index is 618. The number of esters is 1. The molecular weight excluding hydrogens is 437 g/mol. The largest absolute Gasteiger partial charge is 0.465 e. The Morgan fingerprint density at radius 3 is 2.42 bits per heavy atom. The van der Waals surface area contributed by atoms with Crippen LogP contribution in [0.25, 0.3) is 0 Å². The van der Waals surface area contributed by atoms with Gasteiger partial charge in [0.1, 0.15) is 4.88 Å². The van der Waals surface area contributed by atoms with Crippen molar-refractivity contribution in [1.29, 1.82) is 0 Å². The zero-order chi connectivity index (χ0) is 17.3. The van der Waals surface area contributed by atoms with Gasteiger partial charge in [-0.3, -0.25) is 4.79 Å². The lowest BCUT2D eigenvalue weighted by molar-refractivity contribution is -0.124. The van der Waals surface area contributed by atoms with Crippen molar-refractivity contribution in [2.75, 3.05) is 12.0 Å². The van der Waals surface area contributed by atoms with Gasteiger partial charge in [-0.15, -0.1) is 11.3 Å².